The summed E-state index contributed by atoms with van der Waals surface area (Å²) in [5.74, 6) is 1.83. The molecule has 0 heterocycles. The number of benzene rings is 1. The molecule has 1 saturated carbocycles. The van der Waals surface area contributed by atoms with Gasteiger partial charge in [0.05, 0.1) is 7.11 Å². The zero-order valence-corrected chi connectivity index (χ0v) is 11.4. The molecule has 1 aromatic carbocycles. The fraction of sp³-hybridized carbons (Fsp3) is 0.600. The Morgan fingerprint density at radius 3 is 2.89 bits per heavy atom. The van der Waals surface area contributed by atoms with E-state index < -0.39 is 0 Å². The van der Waals surface area contributed by atoms with Crippen LogP contribution in [0.25, 0.3) is 0 Å². The summed E-state index contributed by atoms with van der Waals surface area (Å²) in [6.07, 6.45) is 3.95. The first-order valence-corrected chi connectivity index (χ1v) is 6.74. The summed E-state index contributed by atoms with van der Waals surface area (Å²) >= 11 is 0. The average Bonchev–Trinajstić information content (AvgIpc) is 3.12. The summed E-state index contributed by atoms with van der Waals surface area (Å²) in [5, 5.41) is 0. The van der Waals surface area contributed by atoms with Crippen molar-refractivity contribution < 1.29 is 4.74 Å². The number of nitrogens with two attached hydrogens (primary N) is 1. The molecule has 0 bridgehead atoms. The Kier molecular flexibility index (Phi) is 4.61. The van der Waals surface area contributed by atoms with Crippen LogP contribution in [0, 0.1) is 5.92 Å². The molecule has 3 nitrogen and oxygen atoms in total. The largest absolute Gasteiger partial charge is 0.497 e. The van der Waals surface area contributed by atoms with Crippen LogP contribution in [0.1, 0.15) is 24.8 Å². The smallest absolute Gasteiger partial charge is 0.119 e. The SMILES string of the molecule is COc1cccc(CN(C)C[C@@H](N)CC2CC2)c1. The van der Waals surface area contributed by atoms with Crippen molar-refractivity contribution in [3.05, 3.63) is 29.8 Å². The van der Waals surface area contributed by atoms with Crippen molar-refractivity contribution in [1.82, 2.24) is 4.90 Å². The quantitative estimate of drug-likeness (QED) is 0.804. The Labute approximate surface area is 110 Å². The molecule has 0 unspecified atom stereocenters. The molecule has 1 aliphatic rings. The number of hydrogen-bond acceptors (Lipinski definition) is 3. The van der Waals surface area contributed by atoms with Gasteiger partial charge in [-0.3, -0.25) is 0 Å². The minimum Gasteiger partial charge on any atom is -0.497 e. The van der Waals surface area contributed by atoms with E-state index in [2.05, 4.69) is 24.1 Å². The molecule has 0 amide bonds. The lowest BCUT2D eigenvalue weighted by Crippen LogP contribution is -2.35. The molecule has 100 valence electrons. The molecule has 1 atom stereocenters. The molecular weight excluding hydrogens is 224 g/mol. The van der Waals surface area contributed by atoms with Crippen molar-refractivity contribution in [2.24, 2.45) is 11.7 Å². The summed E-state index contributed by atoms with van der Waals surface area (Å²) in [6, 6.07) is 8.54. The van der Waals surface area contributed by atoms with E-state index in [4.69, 9.17) is 10.5 Å². The second kappa shape index (κ2) is 6.21. The maximum Gasteiger partial charge on any atom is 0.119 e. The third-order valence-corrected chi connectivity index (χ3v) is 3.47. The van der Waals surface area contributed by atoms with Gasteiger partial charge in [0.1, 0.15) is 5.75 Å². The Balaban J connectivity index is 1.79. The van der Waals surface area contributed by atoms with Gasteiger partial charge in [0, 0.05) is 19.1 Å². The Bertz CT molecular complexity index is 377. The summed E-state index contributed by atoms with van der Waals surface area (Å²) < 4.78 is 5.24. The van der Waals surface area contributed by atoms with Crippen LogP contribution < -0.4 is 10.5 Å². The van der Waals surface area contributed by atoms with Crippen molar-refractivity contribution in [3.63, 3.8) is 0 Å². The van der Waals surface area contributed by atoms with E-state index in [0.717, 1.165) is 24.8 Å². The van der Waals surface area contributed by atoms with Gasteiger partial charge in [0.25, 0.3) is 0 Å². The highest BCUT2D eigenvalue weighted by atomic mass is 16.5. The lowest BCUT2D eigenvalue weighted by atomic mass is 10.1. The minimum atomic E-state index is 0.313. The molecule has 1 fully saturated rings. The van der Waals surface area contributed by atoms with E-state index in [9.17, 15) is 0 Å². The van der Waals surface area contributed by atoms with E-state index in [0.29, 0.717) is 6.04 Å². The van der Waals surface area contributed by atoms with Crippen molar-refractivity contribution >= 4 is 0 Å². The molecule has 0 aromatic heterocycles. The third-order valence-electron chi connectivity index (χ3n) is 3.47. The maximum absolute atomic E-state index is 6.16. The van der Waals surface area contributed by atoms with Gasteiger partial charge in [-0.25, -0.2) is 0 Å². The molecule has 1 aromatic rings. The van der Waals surface area contributed by atoms with Crippen molar-refractivity contribution in [2.45, 2.75) is 31.8 Å². The number of hydrogen-bond donors (Lipinski definition) is 1. The van der Waals surface area contributed by atoms with E-state index >= 15 is 0 Å². The van der Waals surface area contributed by atoms with Crippen LogP contribution in [0.15, 0.2) is 24.3 Å². The molecule has 0 saturated heterocycles. The normalized spacial score (nSPS) is 16.9. The predicted octanol–water partition coefficient (Wildman–Crippen LogP) is 2.25. The van der Waals surface area contributed by atoms with Gasteiger partial charge in [-0.1, -0.05) is 25.0 Å². The van der Waals surface area contributed by atoms with Gasteiger partial charge >= 0.3 is 0 Å². The fourth-order valence-corrected chi connectivity index (χ4v) is 2.40. The number of rotatable bonds is 7. The first kappa shape index (κ1) is 13.4. The third kappa shape index (κ3) is 4.31. The molecular formula is C15H24N2O. The molecule has 0 spiro atoms. The lowest BCUT2D eigenvalue weighted by molar-refractivity contribution is 0.293. The van der Waals surface area contributed by atoms with Gasteiger partial charge in [0.15, 0.2) is 0 Å². The highest BCUT2D eigenvalue weighted by molar-refractivity contribution is 5.28. The standard InChI is InChI=1S/C15H24N2O/c1-17(11-14(16)8-12-6-7-12)10-13-4-3-5-15(9-13)18-2/h3-5,9,12,14H,6-8,10-11,16H2,1-2H3/t14-/m0/s1. The summed E-state index contributed by atoms with van der Waals surface area (Å²) in [5.41, 5.74) is 7.43. The van der Waals surface area contributed by atoms with Crippen LogP contribution >= 0.6 is 0 Å². The highest BCUT2D eigenvalue weighted by Gasteiger charge is 2.24. The predicted molar refractivity (Wildman–Crippen MR) is 74.6 cm³/mol. The van der Waals surface area contributed by atoms with Crippen molar-refractivity contribution in [1.29, 1.82) is 0 Å². The number of ether oxygens (including phenoxy) is 1. The van der Waals surface area contributed by atoms with Crippen LogP contribution in [0.4, 0.5) is 0 Å². The number of methoxy groups -OCH3 is 1. The molecule has 3 heteroatoms. The Morgan fingerprint density at radius 2 is 2.22 bits per heavy atom. The van der Waals surface area contributed by atoms with Crippen LogP contribution in [0.5, 0.6) is 5.75 Å². The topological polar surface area (TPSA) is 38.5 Å². The second-order valence-electron chi connectivity index (χ2n) is 5.49. The van der Waals surface area contributed by atoms with Crippen LogP contribution in [0.3, 0.4) is 0 Å². The molecule has 0 aliphatic heterocycles. The first-order valence-electron chi connectivity index (χ1n) is 6.74. The van der Waals surface area contributed by atoms with E-state index in [1.165, 1.54) is 24.8 Å². The molecule has 2 rings (SSSR count). The molecule has 0 radical (unpaired) electrons. The van der Waals surface area contributed by atoms with Crippen molar-refractivity contribution in [3.8, 4) is 5.75 Å². The molecule has 18 heavy (non-hydrogen) atoms. The van der Waals surface area contributed by atoms with Crippen LogP contribution in [-0.4, -0.2) is 31.6 Å². The van der Waals surface area contributed by atoms with Gasteiger partial charge in [-0.15, -0.1) is 0 Å². The van der Waals surface area contributed by atoms with Crippen LogP contribution in [-0.2, 0) is 6.54 Å². The van der Waals surface area contributed by atoms with Crippen molar-refractivity contribution in [2.75, 3.05) is 20.7 Å². The average molecular weight is 248 g/mol. The fourth-order valence-electron chi connectivity index (χ4n) is 2.40. The van der Waals surface area contributed by atoms with Gasteiger partial charge in [0.2, 0.25) is 0 Å². The number of nitrogens with zero attached hydrogens (tertiary/aromatic N) is 1. The van der Waals surface area contributed by atoms with E-state index in [1.807, 2.05) is 12.1 Å². The van der Waals surface area contributed by atoms with Gasteiger partial charge in [-0.2, -0.15) is 0 Å². The van der Waals surface area contributed by atoms with Crippen LogP contribution in [0.2, 0.25) is 0 Å². The molecule has 1 aliphatic carbocycles. The highest BCUT2D eigenvalue weighted by Crippen LogP contribution is 2.33. The zero-order chi connectivity index (χ0) is 13.0. The zero-order valence-electron chi connectivity index (χ0n) is 11.4. The summed E-state index contributed by atoms with van der Waals surface area (Å²) in [7, 11) is 3.83. The Hall–Kier alpha value is -1.06. The second-order valence-corrected chi connectivity index (χ2v) is 5.49. The minimum absolute atomic E-state index is 0.313. The monoisotopic (exact) mass is 248 g/mol. The maximum atomic E-state index is 6.16. The van der Waals surface area contributed by atoms with Gasteiger partial charge in [-0.05, 0) is 37.1 Å². The molecule has 2 N–H and O–H groups in total. The lowest BCUT2D eigenvalue weighted by Gasteiger charge is -2.21. The van der Waals surface area contributed by atoms with Gasteiger partial charge < -0.3 is 15.4 Å². The first-order chi connectivity index (χ1) is 8.67. The summed E-state index contributed by atoms with van der Waals surface area (Å²) in [4.78, 5) is 2.29. The van der Waals surface area contributed by atoms with E-state index in [-0.39, 0.29) is 0 Å². The summed E-state index contributed by atoms with van der Waals surface area (Å²) in [6.45, 7) is 1.89. The van der Waals surface area contributed by atoms with E-state index in [1.54, 1.807) is 7.11 Å². The Morgan fingerprint density at radius 1 is 1.44 bits per heavy atom. The number of likely N-dealkylation sites (N-methyl/N-ethyl adjacent to an activating group) is 1.